The van der Waals surface area contributed by atoms with Gasteiger partial charge in [0.25, 0.3) is 0 Å². The molecule has 0 aliphatic heterocycles. The van der Waals surface area contributed by atoms with Gasteiger partial charge < -0.3 is 5.11 Å². The van der Waals surface area contributed by atoms with Gasteiger partial charge >= 0.3 is 5.97 Å². The second-order valence-electron chi connectivity index (χ2n) is 4.34. The molecule has 3 nitrogen and oxygen atoms in total. The van der Waals surface area contributed by atoms with Crippen LogP contribution in [0.2, 0.25) is 0 Å². The first kappa shape index (κ1) is 13.6. The van der Waals surface area contributed by atoms with Crippen LogP contribution in [0.15, 0.2) is 60.7 Å². The first-order valence-electron chi connectivity index (χ1n) is 6.18. The predicted octanol–water partition coefficient (Wildman–Crippen LogP) is 3.45. The molecule has 0 fully saturated rings. The van der Waals surface area contributed by atoms with Gasteiger partial charge in [-0.15, -0.1) is 0 Å². The van der Waals surface area contributed by atoms with Gasteiger partial charge in [-0.25, -0.2) is 4.79 Å². The largest absolute Gasteiger partial charge is 0.478 e. The van der Waals surface area contributed by atoms with Crippen LogP contribution in [0.3, 0.4) is 0 Å². The average molecular weight is 263 g/mol. The summed E-state index contributed by atoms with van der Waals surface area (Å²) in [7, 11) is 0. The zero-order chi connectivity index (χ0) is 14.4. The Balaban J connectivity index is 2.12. The average Bonchev–Trinajstić information content (AvgIpc) is 2.46. The second kappa shape index (κ2) is 6.35. The number of rotatable bonds is 4. The quantitative estimate of drug-likeness (QED) is 0.678. The maximum absolute atomic E-state index is 10.3. The Hall–Kier alpha value is -2.86. The summed E-state index contributed by atoms with van der Waals surface area (Å²) >= 11 is 0. The Morgan fingerprint density at radius 1 is 1.15 bits per heavy atom. The molecule has 0 saturated carbocycles. The molecule has 20 heavy (non-hydrogen) atoms. The van der Waals surface area contributed by atoms with Crippen LogP contribution in [0.1, 0.15) is 11.1 Å². The topological polar surface area (TPSA) is 61.1 Å². The molecule has 0 spiro atoms. The minimum atomic E-state index is -0.950. The molecule has 0 aromatic heterocycles. The maximum atomic E-state index is 10.3. The zero-order valence-corrected chi connectivity index (χ0v) is 10.8. The molecular weight excluding hydrogens is 250 g/mol. The van der Waals surface area contributed by atoms with Crippen molar-refractivity contribution in [3.8, 4) is 6.07 Å². The maximum Gasteiger partial charge on any atom is 0.328 e. The van der Waals surface area contributed by atoms with E-state index < -0.39 is 5.97 Å². The SMILES string of the molecule is N#Cc1ccc2cc(C/C=C/C=C/C(=O)O)ccc2c1. The minimum Gasteiger partial charge on any atom is -0.478 e. The summed E-state index contributed by atoms with van der Waals surface area (Å²) in [5, 5.41) is 19.4. The van der Waals surface area contributed by atoms with Gasteiger partial charge in [0.15, 0.2) is 0 Å². The molecule has 1 N–H and O–H groups in total. The third-order valence-electron chi connectivity index (χ3n) is 2.87. The fourth-order valence-corrected chi connectivity index (χ4v) is 1.91. The molecule has 0 unspecified atom stereocenters. The van der Waals surface area contributed by atoms with Crippen LogP contribution in [-0.2, 0) is 11.2 Å². The molecule has 0 atom stereocenters. The molecule has 2 rings (SSSR count). The van der Waals surface area contributed by atoms with Crippen LogP contribution in [0.5, 0.6) is 0 Å². The van der Waals surface area contributed by atoms with Crippen molar-refractivity contribution in [1.82, 2.24) is 0 Å². The summed E-state index contributed by atoms with van der Waals surface area (Å²) in [6.07, 6.45) is 6.96. The molecule has 0 aliphatic rings. The van der Waals surface area contributed by atoms with E-state index in [1.165, 1.54) is 6.08 Å². The Labute approximate surface area is 117 Å². The monoisotopic (exact) mass is 263 g/mol. The van der Waals surface area contributed by atoms with E-state index in [0.717, 1.165) is 28.8 Å². The van der Waals surface area contributed by atoms with Crippen molar-refractivity contribution in [2.75, 3.05) is 0 Å². The van der Waals surface area contributed by atoms with Gasteiger partial charge in [-0.3, -0.25) is 0 Å². The first-order chi connectivity index (χ1) is 9.69. The van der Waals surface area contributed by atoms with E-state index in [2.05, 4.69) is 12.1 Å². The number of hydrogen-bond acceptors (Lipinski definition) is 2. The van der Waals surface area contributed by atoms with Gasteiger partial charge in [0, 0.05) is 6.08 Å². The molecule has 0 amide bonds. The number of nitrogens with zero attached hydrogens (tertiary/aromatic N) is 1. The molecule has 2 aromatic rings. The van der Waals surface area contributed by atoms with Crippen molar-refractivity contribution < 1.29 is 9.90 Å². The van der Waals surface area contributed by atoms with Crippen molar-refractivity contribution in [2.45, 2.75) is 6.42 Å². The van der Waals surface area contributed by atoms with Gasteiger partial charge in [0.1, 0.15) is 0 Å². The lowest BCUT2D eigenvalue weighted by Gasteiger charge is -2.01. The Morgan fingerprint density at radius 2 is 1.90 bits per heavy atom. The molecule has 0 aliphatic carbocycles. The molecule has 0 bridgehead atoms. The number of hydrogen-bond donors (Lipinski definition) is 1. The normalized spacial score (nSPS) is 11.2. The number of carboxylic acid groups (broad SMARTS) is 1. The summed E-state index contributed by atoms with van der Waals surface area (Å²) < 4.78 is 0. The third kappa shape index (κ3) is 3.56. The fraction of sp³-hybridized carbons (Fsp3) is 0.0588. The van der Waals surface area contributed by atoms with Crippen LogP contribution in [0.4, 0.5) is 0 Å². The lowest BCUT2D eigenvalue weighted by atomic mass is 10.0. The number of nitriles is 1. The summed E-state index contributed by atoms with van der Waals surface area (Å²) in [5.74, 6) is -0.950. The number of aliphatic carboxylic acids is 1. The van der Waals surface area contributed by atoms with Crippen LogP contribution in [0.25, 0.3) is 10.8 Å². The molecule has 98 valence electrons. The highest BCUT2D eigenvalue weighted by Crippen LogP contribution is 2.18. The standard InChI is InChI=1S/C17H13NO2/c18-12-14-7-9-15-10-13(6-8-16(15)11-14)4-2-1-3-5-17(19)20/h1-3,5-11H,4H2,(H,19,20)/b2-1+,5-3+. The minimum absolute atomic E-state index is 0.656. The summed E-state index contributed by atoms with van der Waals surface area (Å²) in [5.41, 5.74) is 1.80. The smallest absolute Gasteiger partial charge is 0.328 e. The molecule has 0 saturated heterocycles. The lowest BCUT2D eigenvalue weighted by molar-refractivity contribution is -0.131. The van der Waals surface area contributed by atoms with Crippen LogP contribution >= 0.6 is 0 Å². The van der Waals surface area contributed by atoms with Gasteiger partial charge in [-0.2, -0.15) is 5.26 Å². The second-order valence-corrected chi connectivity index (χ2v) is 4.34. The number of carbonyl (C=O) groups is 1. The van der Waals surface area contributed by atoms with Crippen LogP contribution in [-0.4, -0.2) is 11.1 Å². The van der Waals surface area contributed by atoms with Crippen LogP contribution < -0.4 is 0 Å². The van der Waals surface area contributed by atoms with E-state index in [1.807, 2.05) is 30.3 Å². The van der Waals surface area contributed by atoms with E-state index in [0.29, 0.717) is 5.56 Å². The number of carboxylic acids is 1. The van der Waals surface area contributed by atoms with Crippen molar-refractivity contribution in [1.29, 1.82) is 5.26 Å². The Morgan fingerprint density at radius 3 is 2.65 bits per heavy atom. The highest BCUT2D eigenvalue weighted by molar-refractivity contribution is 5.84. The highest BCUT2D eigenvalue weighted by Gasteiger charge is 1.97. The Kier molecular flexibility index (Phi) is 4.31. The van der Waals surface area contributed by atoms with Crippen molar-refractivity contribution in [2.24, 2.45) is 0 Å². The van der Waals surface area contributed by atoms with Gasteiger partial charge in [0.05, 0.1) is 11.6 Å². The van der Waals surface area contributed by atoms with E-state index in [9.17, 15) is 4.79 Å². The summed E-state index contributed by atoms with van der Waals surface area (Å²) in [4.78, 5) is 10.3. The van der Waals surface area contributed by atoms with Gasteiger partial charge in [0.2, 0.25) is 0 Å². The molecule has 2 aromatic carbocycles. The van der Waals surface area contributed by atoms with E-state index in [-0.39, 0.29) is 0 Å². The van der Waals surface area contributed by atoms with Crippen molar-refractivity contribution in [3.63, 3.8) is 0 Å². The summed E-state index contributed by atoms with van der Waals surface area (Å²) in [6, 6.07) is 13.8. The predicted molar refractivity (Wildman–Crippen MR) is 78.3 cm³/mol. The molecule has 3 heteroatoms. The Bertz CT molecular complexity index is 736. The molecule has 0 heterocycles. The number of fused-ring (bicyclic) bond motifs is 1. The summed E-state index contributed by atoms with van der Waals surface area (Å²) in [6.45, 7) is 0. The third-order valence-corrected chi connectivity index (χ3v) is 2.87. The van der Waals surface area contributed by atoms with Gasteiger partial charge in [-0.05, 0) is 34.9 Å². The first-order valence-corrected chi connectivity index (χ1v) is 6.18. The van der Waals surface area contributed by atoms with Gasteiger partial charge in [-0.1, -0.05) is 42.5 Å². The van der Waals surface area contributed by atoms with E-state index >= 15 is 0 Å². The number of benzene rings is 2. The fourth-order valence-electron chi connectivity index (χ4n) is 1.91. The zero-order valence-electron chi connectivity index (χ0n) is 10.8. The lowest BCUT2D eigenvalue weighted by Crippen LogP contribution is -1.85. The number of allylic oxidation sites excluding steroid dienone is 3. The van der Waals surface area contributed by atoms with E-state index in [4.69, 9.17) is 10.4 Å². The van der Waals surface area contributed by atoms with Crippen LogP contribution in [0, 0.1) is 11.3 Å². The van der Waals surface area contributed by atoms with E-state index in [1.54, 1.807) is 12.1 Å². The van der Waals surface area contributed by atoms with Crippen molar-refractivity contribution in [3.05, 3.63) is 71.8 Å². The van der Waals surface area contributed by atoms with Crippen molar-refractivity contribution >= 4 is 16.7 Å². The molecule has 0 radical (unpaired) electrons. The highest BCUT2D eigenvalue weighted by atomic mass is 16.4. The molecular formula is C17H13NO2.